The molecule has 1 aliphatic carbocycles. The number of amides is 2. The molecule has 2 aromatic carbocycles. The van der Waals surface area contributed by atoms with Gasteiger partial charge < -0.3 is 5.73 Å². The van der Waals surface area contributed by atoms with Crippen molar-refractivity contribution in [1.29, 1.82) is 0 Å². The van der Waals surface area contributed by atoms with Crippen LogP contribution in [0.1, 0.15) is 28.9 Å². The first kappa shape index (κ1) is 21.6. The summed E-state index contributed by atoms with van der Waals surface area (Å²) in [6, 6.07) is 19.4. The molecule has 3 aromatic rings. The second kappa shape index (κ2) is 8.88. The Morgan fingerprint density at radius 2 is 1.56 bits per heavy atom. The normalized spacial score (nSPS) is 14.2. The van der Waals surface area contributed by atoms with Crippen molar-refractivity contribution in [2.24, 2.45) is 11.1 Å². The summed E-state index contributed by atoms with van der Waals surface area (Å²) in [5.74, 6) is -1.16. The summed E-state index contributed by atoms with van der Waals surface area (Å²) in [4.78, 5) is 43.5. The highest BCUT2D eigenvalue weighted by Gasteiger charge is 2.57. The Kier molecular flexibility index (Phi) is 6.01. The number of pyridine rings is 1. The number of benzene rings is 2. The van der Waals surface area contributed by atoms with E-state index in [1.165, 1.54) is 11.0 Å². The third kappa shape index (κ3) is 4.38. The van der Waals surface area contributed by atoms with E-state index in [1.807, 2.05) is 18.2 Å². The van der Waals surface area contributed by atoms with Gasteiger partial charge in [0, 0.05) is 27.6 Å². The van der Waals surface area contributed by atoms with E-state index in [4.69, 9.17) is 5.73 Å². The molecule has 0 saturated heterocycles. The van der Waals surface area contributed by atoms with Crippen molar-refractivity contribution in [3.63, 3.8) is 0 Å². The number of carbonyl (C=O) groups excluding carboxylic acids is 3. The molecule has 1 saturated carbocycles. The molecule has 1 aliphatic rings. The molecule has 32 heavy (non-hydrogen) atoms. The first-order valence-electron chi connectivity index (χ1n) is 10.0. The summed E-state index contributed by atoms with van der Waals surface area (Å²) < 4.78 is 0.866. The second-order valence-electron chi connectivity index (χ2n) is 7.56. The monoisotopic (exact) mass is 489 g/mol. The average molecular weight is 490 g/mol. The van der Waals surface area contributed by atoms with Gasteiger partial charge in [0.05, 0.1) is 5.69 Å². The standard InChI is InChI=1S/C25H20BrN3O3/c26-18-6-11-21(12-7-18)29(24(32)25(14-15-25)23(27)31)20-9-4-17(5-10-20)22(30)13-8-19-3-1-2-16-28-19/h1-13,16H,14-15H2,(H2,27,31)/b13-8+. The number of anilines is 2. The van der Waals surface area contributed by atoms with E-state index in [1.54, 1.807) is 60.8 Å². The van der Waals surface area contributed by atoms with Crippen molar-refractivity contribution in [3.05, 3.63) is 94.7 Å². The number of primary amides is 1. The first-order chi connectivity index (χ1) is 15.4. The van der Waals surface area contributed by atoms with Crippen LogP contribution in [-0.2, 0) is 9.59 Å². The third-order valence-corrected chi connectivity index (χ3v) is 5.95. The van der Waals surface area contributed by atoms with Gasteiger partial charge in [-0.15, -0.1) is 0 Å². The van der Waals surface area contributed by atoms with Crippen LogP contribution in [0.3, 0.4) is 0 Å². The van der Waals surface area contributed by atoms with E-state index >= 15 is 0 Å². The lowest BCUT2D eigenvalue weighted by Gasteiger charge is -2.26. The van der Waals surface area contributed by atoms with Crippen LogP contribution in [0.2, 0.25) is 0 Å². The topological polar surface area (TPSA) is 93.4 Å². The summed E-state index contributed by atoms with van der Waals surface area (Å²) in [6.45, 7) is 0. The number of aromatic nitrogens is 1. The fraction of sp³-hybridized carbons (Fsp3) is 0.120. The van der Waals surface area contributed by atoms with Gasteiger partial charge in [0.25, 0.3) is 0 Å². The quantitative estimate of drug-likeness (QED) is 0.296. The van der Waals surface area contributed by atoms with Crippen molar-refractivity contribution in [2.75, 3.05) is 4.90 Å². The summed E-state index contributed by atoms with van der Waals surface area (Å²) in [6.07, 6.45) is 5.64. The summed E-state index contributed by atoms with van der Waals surface area (Å²) >= 11 is 3.39. The fourth-order valence-electron chi connectivity index (χ4n) is 3.39. The number of nitrogens with zero attached hydrogens (tertiary/aromatic N) is 2. The Balaban J connectivity index is 1.62. The molecule has 0 unspecified atom stereocenters. The van der Waals surface area contributed by atoms with E-state index in [0.29, 0.717) is 35.5 Å². The zero-order chi connectivity index (χ0) is 22.7. The number of rotatable bonds is 7. The highest BCUT2D eigenvalue weighted by atomic mass is 79.9. The lowest BCUT2D eigenvalue weighted by atomic mass is 10.0. The minimum Gasteiger partial charge on any atom is -0.369 e. The number of carbonyl (C=O) groups is 3. The molecular formula is C25H20BrN3O3. The molecule has 6 nitrogen and oxygen atoms in total. The lowest BCUT2D eigenvalue weighted by molar-refractivity contribution is -0.133. The van der Waals surface area contributed by atoms with Crippen LogP contribution in [0.5, 0.6) is 0 Å². The summed E-state index contributed by atoms with van der Waals surface area (Å²) in [5, 5.41) is 0. The maximum absolute atomic E-state index is 13.4. The molecule has 0 radical (unpaired) electrons. The smallest absolute Gasteiger partial charge is 0.247 e. The summed E-state index contributed by atoms with van der Waals surface area (Å²) in [7, 11) is 0. The van der Waals surface area contributed by atoms with Crippen LogP contribution < -0.4 is 10.6 Å². The van der Waals surface area contributed by atoms with E-state index in [9.17, 15) is 14.4 Å². The molecule has 0 atom stereocenters. The van der Waals surface area contributed by atoms with Crippen LogP contribution >= 0.6 is 15.9 Å². The van der Waals surface area contributed by atoms with Crippen LogP contribution in [0.15, 0.2) is 83.5 Å². The largest absolute Gasteiger partial charge is 0.369 e. The van der Waals surface area contributed by atoms with Crippen molar-refractivity contribution in [2.45, 2.75) is 12.8 Å². The highest BCUT2D eigenvalue weighted by molar-refractivity contribution is 9.10. The van der Waals surface area contributed by atoms with Crippen LogP contribution in [0, 0.1) is 5.41 Å². The van der Waals surface area contributed by atoms with Crippen molar-refractivity contribution >= 4 is 51.0 Å². The zero-order valence-corrected chi connectivity index (χ0v) is 18.7. The number of allylic oxidation sites excluding steroid dienone is 1. The van der Waals surface area contributed by atoms with E-state index in [2.05, 4.69) is 20.9 Å². The predicted octanol–water partition coefficient (Wildman–Crippen LogP) is 4.67. The number of nitrogens with two attached hydrogens (primary N) is 1. The predicted molar refractivity (Wildman–Crippen MR) is 126 cm³/mol. The van der Waals surface area contributed by atoms with Gasteiger partial charge in [-0.1, -0.05) is 22.0 Å². The van der Waals surface area contributed by atoms with Gasteiger partial charge in [0.1, 0.15) is 5.41 Å². The molecule has 1 fully saturated rings. The molecule has 0 aliphatic heterocycles. The summed E-state index contributed by atoms with van der Waals surface area (Å²) in [5.41, 5.74) is 6.69. The van der Waals surface area contributed by atoms with Crippen molar-refractivity contribution in [1.82, 2.24) is 4.98 Å². The average Bonchev–Trinajstić information content (AvgIpc) is 3.62. The molecule has 0 bridgehead atoms. The van der Waals surface area contributed by atoms with Gasteiger partial charge in [-0.3, -0.25) is 24.3 Å². The van der Waals surface area contributed by atoms with E-state index in [0.717, 1.165) is 4.47 Å². The lowest BCUT2D eigenvalue weighted by Crippen LogP contribution is -2.41. The van der Waals surface area contributed by atoms with Crippen molar-refractivity contribution in [3.8, 4) is 0 Å². The van der Waals surface area contributed by atoms with Gasteiger partial charge >= 0.3 is 0 Å². The first-order valence-corrected chi connectivity index (χ1v) is 10.8. The van der Waals surface area contributed by atoms with Crippen LogP contribution in [0.25, 0.3) is 6.08 Å². The van der Waals surface area contributed by atoms with Crippen LogP contribution in [-0.4, -0.2) is 22.6 Å². The van der Waals surface area contributed by atoms with Crippen LogP contribution in [0.4, 0.5) is 11.4 Å². The number of halogens is 1. The minimum absolute atomic E-state index is 0.181. The Morgan fingerprint density at radius 1 is 0.938 bits per heavy atom. The minimum atomic E-state index is -1.17. The molecule has 2 amide bonds. The molecular weight excluding hydrogens is 470 g/mol. The molecule has 7 heteroatoms. The van der Waals surface area contributed by atoms with Gasteiger partial charge in [0.15, 0.2) is 5.78 Å². The fourth-order valence-corrected chi connectivity index (χ4v) is 3.65. The Labute approximate surface area is 193 Å². The van der Waals surface area contributed by atoms with Gasteiger partial charge in [-0.25, -0.2) is 0 Å². The Bertz CT molecular complexity index is 1190. The molecule has 2 N–H and O–H groups in total. The Morgan fingerprint density at radius 3 is 2.09 bits per heavy atom. The number of hydrogen-bond acceptors (Lipinski definition) is 4. The molecule has 160 valence electrons. The SMILES string of the molecule is NC(=O)C1(C(=O)N(c2ccc(Br)cc2)c2ccc(C(=O)/C=C/c3ccccn3)cc2)CC1. The van der Waals surface area contributed by atoms with Crippen molar-refractivity contribution < 1.29 is 14.4 Å². The third-order valence-electron chi connectivity index (χ3n) is 5.42. The molecule has 4 rings (SSSR count). The second-order valence-corrected chi connectivity index (χ2v) is 8.48. The molecule has 1 aromatic heterocycles. The maximum Gasteiger partial charge on any atom is 0.247 e. The van der Waals surface area contributed by atoms with Gasteiger partial charge in [-0.2, -0.15) is 0 Å². The zero-order valence-electron chi connectivity index (χ0n) is 17.1. The van der Waals surface area contributed by atoms with Gasteiger partial charge in [-0.05, 0) is 85.7 Å². The number of ketones is 1. The highest BCUT2D eigenvalue weighted by Crippen LogP contribution is 2.49. The molecule has 0 spiro atoms. The molecule has 1 heterocycles. The number of hydrogen-bond donors (Lipinski definition) is 1. The van der Waals surface area contributed by atoms with Gasteiger partial charge in [0.2, 0.25) is 11.8 Å². The maximum atomic E-state index is 13.4. The Hall–Kier alpha value is -3.58. The van der Waals surface area contributed by atoms with E-state index in [-0.39, 0.29) is 11.7 Å². The van der Waals surface area contributed by atoms with E-state index < -0.39 is 11.3 Å².